The first kappa shape index (κ1) is 17.5. The summed E-state index contributed by atoms with van der Waals surface area (Å²) >= 11 is 0. The van der Waals surface area contributed by atoms with Crippen molar-refractivity contribution in [2.45, 2.75) is 51.7 Å². The lowest BCUT2D eigenvalue weighted by Crippen LogP contribution is -2.61. The molecule has 2 N–H and O–H groups in total. The van der Waals surface area contributed by atoms with E-state index in [2.05, 4.69) is 10.6 Å². The van der Waals surface area contributed by atoms with Crippen molar-refractivity contribution in [3.05, 3.63) is 35.4 Å². The first-order valence-corrected chi connectivity index (χ1v) is 8.83. The van der Waals surface area contributed by atoms with E-state index in [1.807, 2.05) is 32.9 Å². The Morgan fingerprint density at radius 2 is 1.96 bits per heavy atom. The Balaban J connectivity index is 1.65. The molecule has 2 saturated heterocycles. The topological polar surface area (TPSA) is 78.5 Å². The summed E-state index contributed by atoms with van der Waals surface area (Å²) < 4.78 is 0. The van der Waals surface area contributed by atoms with Gasteiger partial charge in [0.25, 0.3) is 5.91 Å². The van der Waals surface area contributed by atoms with Crippen molar-refractivity contribution >= 4 is 17.7 Å². The number of benzene rings is 1. The molecule has 0 radical (unpaired) electrons. The third kappa shape index (κ3) is 3.67. The van der Waals surface area contributed by atoms with Crippen LogP contribution in [0.1, 0.15) is 42.6 Å². The zero-order valence-electron chi connectivity index (χ0n) is 14.9. The van der Waals surface area contributed by atoms with E-state index in [4.69, 9.17) is 0 Å². The van der Waals surface area contributed by atoms with Gasteiger partial charge in [-0.05, 0) is 37.8 Å². The minimum Gasteiger partial charge on any atom is -0.347 e. The zero-order valence-corrected chi connectivity index (χ0v) is 14.9. The maximum absolute atomic E-state index is 12.6. The number of nitrogens with one attached hydrogen (secondary N) is 2. The monoisotopic (exact) mass is 343 g/mol. The van der Waals surface area contributed by atoms with Crippen LogP contribution in [0.3, 0.4) is 0 Å². The highest BCUT2D eigenvalue weighted by molar-refractivity contribution is 5.98. The second-order valence-corrected chi connectivity index (χ2v) is 7.47. The van der Waals surface area contributed by atoms with Gasteiger partial charge >= 0.3 is 0 Å². The van der Waals surface area contributed by atoms with Gasteiger partial charge < -0.3 is 15.5 Å². The quantitative estimate of drug-likeness (QED) is 0.863. The minimum absolute atomic E-state index is 0.0367. The maximum atomic E-state index is 12.6. The van der Waals surface area contributed by atoms with Crippen molar-refractivity contribution in [1.29, 1.82) is 0 Å². The van der Waals surface area contributed by atoms with Crippen LogP contribution < -0.4 is 10.6 Å². The number of rotatable bonds is 4. The minimum atomic E-state index is -0.473. The van der Waals surface area contributed by atoms with Crippen LogP contribution in [0.5, 0.6) is 0 Å². The number of fused-ring (bicyclic) bond motifs is 1. The van der Waals surface area contributed by atoms with Crippen LogP contribution in [0.2, 0.25) is 0 Å². The molecule has 1 aromatic carbocycles. The molecule has 0 aromatic heterocycles. The number of nitrogens with zero attached hydrogens (tertiary/aromatic N) is 1. The predicted octanol–water partition coefficient (Wildman–Crippen LogP) is 1.24. The van der Waals surface area contributed by atoms with Crippen molar-refractivity contribution in [2.24, 2.45) is 5.92 Å². The second-order valence-electron chi connectivity index (χ2n) is 7.47. The van der Waals surface area contributed by atoms with Crippen LogP contribution in [0.4, 0.5) is 0 Å². The second kappa shape index (κ2) is 6.86. The highest BCUT2D eigenvalue weighted by atomic mass is 16.2. The number of piperazine rings is 1. The van der Waals surface area contributed by atoms with Crippen LogP contribution in [0.25, 0.3) is 0 Å². The van der Waals surface area contributed by atoms with Gasteiger partial charge in [0.2, 0.25) is 11.8 Å². The molecule has 0 unspecified atom stereocenters. The van der Waals surface area contributed by atoms with E-state index in [1.165, 1.54) is 0 Å². The van der Waals surface area contributed by atoms with E-state index in [0.29, 0.717) is 30.9 Å². The summed E-state index contributed by atoms with van der Waals surface area (Å²) in [5, 5.41) is 5.79. The van der Waals surface area contributed by atoms with Gasteiger partial charge in [0.05, 0.1) is 0 Å². The lowest BCUT2D eigenvalue weighted by Gasteiger charge is -2.35. The Hall–Kier alpha value is -2.37. The molecule has 6 nitrogen and oxygen atoms in total. The van der Waals surface area contributed by atoms with Crippen molar-refractivity contribution in [1.82, 2.24) is 15.5 Å². The Morgan fingerprint density at radius 1 is 1.28 bits per heavy atom. The Labute approximate surface area is 148 Å². The van der Waals surface area contributed by atoms with Crippen molar-refractivity contribution < 1.29 is 14.4 Å². The molecule has 134 valence electrons. The molecule has 0 saturated carbocycles. The molecule has 3 rings (SSSR count). The molecule has 25 heavy (non-hydrogen) atoms. The summed E-state index contributed by atoms with van der Waals surface area (Å²) in [6, 6.07) is 6.22. The highest BCUT2D eigenvalue weighted by Gasteiger charge is 2.46. The largest absolute Gasteiger partial charge is 0.347 e. The third-order valence-electron chi connectivity index (χ3n) is 4.86. The normalized spacial score (nSPS) is 25.8. The van der Waals surface area contributed by atoms with Crippen LogP contribution in [-0.4, -0.2) is 47.3 Å². The first-order valence-electron chi connectivity index (χ1n) is 8.83. The Kier molecular flexibility index (Phi) is 4.79. The average molecular weight is 343 g/mol. The van der Waals surface area contributed by atoms with Crippen LogP contribution in [0, 0.1) is 12.8 Å². The van der Waals surface area contributed by atoms with E-state index < -0.39 is 12.1 Å². The molecule has 2 aliphatic heterocycles. The van der Waals surface area contributed by atoms with E-state index in [-0.39, 0.29) is 23.8 Å². The molecule has 2 heterocycles. The Morgan fingerprint density at radius 3 is 2.60 bits per heavy atom. The summed E-state index contributed by atoms with van der Waals surface area (Å²) in [4.78, 5) is 39.0. The van der Waals surface area contributed by atoms with Crippen LogP contribution >= 0.6 is 0 Å². The van der Waals surface area contributed by atoms with Crippen LogP contribution in [0.15, 0.2) is 24.3 Å². The molecule has 2 fully saturated rings. The van der Waals surface area contributed by atoms with Gasteiger partial charge in [0.15, 0.2) is 0 Å². The van der Waals surface area contributed by atoms with Gasteiger partial charge in [-0.2, -0.15) is 0 Å². The molecule has 0 spiro atoms. The third-order valence-corrected chi connectivity index (χ3v) is 4.86. The fraction of sp³-hybridized carbons (Fsp3) is 0.526. The van der Waals surface area contributed by atoms with Gasteiger partial charge in [-0.1, -0.05) is 31.5 Å². The summed E-state index contributed by atoms with van der Waals surface area (Å²) in [6.07, 6.45) is 1.09. The molecule has 0 bridgehead atoms. The van der Waals surface area contributed by atoms with Crippen LogP contribution in [-0.2, 0) is 9.59 Å². The van der Waals surface area contributed by atoms with Gasteiger partial charge in [-0.15, -0.1) is 0 Å². The van der Waals surface area contributed by atoms with Gasteiger partial charge in [0, 0.05) is 18.2 Å². The number of carbonyl (C=O) groups excluding carboxylic acids is 3. The molecule has 2 aliphatic rings. The summed E-state index contributed by atoms with van der Waals surface area (Å²) in [5.41, 5.74) is 1.68. The van der Waals surface area contributed by atoms with Gasteiger partial charge in [-0.25, -0.2) is 0 Å². The Bertz CT molecular complexity index is 684. The zero-order chi connectivity index (χ0) is 18.1. The van der Waals surface area contributed by atoms with E-state index >= 15 is 0 Å². The molecular formula is C19H25N3O3. The molecule has 6 heteroatoms. The number of amides is 3. The molecule has 3 atom stereocenters. The summed E-state index contributed by atoms with van der Waals surface area (Å²) in [6.45, 7) is 6.41. The average Bonchev–Trinajstić information content (AvgIpc) is 2.97. The van der Waals surface area contributed by atoms with Crippen molar-refractivity contribution in [3.63, 3.8) is 0 Å². The molecule has 0 aliphatic carbocycles. The molecular weight excluding hydrogens is 318 g/mol. The lowest BCUT2D eigenvalue weighted by atomic mass is 9.99. The number of aryl methyl sites for hydroxylation is 1. The number of carbonyl (C=O) groups is 3. The summed E-state index contributed by atoms with van der Waals surface area (Å²) in [5.74, 6) is 0.00425. The fourth-order valence-corrected chi connectivity index (χ4v) is 3.57. The fourth-order valence-electron chi connectivity index (χ4n) is 3.57. The highest BCUT2D eigenvalue weighted by Crippen LogP contribution is 2.25. The van der Waals surface area contributed by atoms with E-state index in [9.17, 15) is 14.4 Å². The number of hydrogen-bond donors (Lipinski definition) is 2. The van der Waals surface area contributed by atoms with Crippen molar-refractivity contribution in [2.75, 3.05) is 6.54 Å². The standard InChI is InChI=1S/C19H25N3O3/c1-11(2)8-15-19(25)22-10-14(9-16(22)18(24)21-15)20-17(23)13-6-4-12(3)5-7-13/h4-7,11,14-16H,8-10H2,1-3H3,(H,20,23)(H,21,24)/t14-,15+,16-/m0/s1. The van der Waals surface area contributed by atoms with E-state index in [0.717, 1.165) is 5.56 Å². The molecule has 1 aromatic rings. The predicted molar refractivity (Wildman–Crippen MR) is 93.9 cm³/mol. The number of hydrogen-bond acceptors (Lipinski definition) is 3. The SMILES string of the molecule is Cc1ccc(C(=O)N[C@H]2C[C@H]3C(=O)N[C@H](CC(C)C)C(=O)N3C2)cc1. The lowest BCUT2D eigenvalue weighted by molar-refractivity contribution is -0.147. The maximum Gasteiger partial charge on any atom is 0.251 e. The smallest absolute Gasteiger partial charge is 0.251 e. The van der Waals surface area contributed by atoms with Gasteiger partial charge in [0.1, 0.15) is 12.1 Å². The molecule has 3 amide bonds. The van der Waals surface area contributed by atoms with E-state index in [1.54, 1.807) is 17.0 Å². The first-order chi connectivity index (χ1) is 11.8. The van der Waals surface area contributed by atoms with Gasteiger partial charge in [-0.3, -0.25) is 14.4 Å². The summed E-state index contributed by atoms with van der Waals surface area (Å²) in [7, 11) is 0. The van der Waals surface area contributed by atoms with Crippen molar-refractivity contribution in [3.8, 4) is 0 Å².